The van der Waals surface area contributed by atoms with E-state index in [0.717, 1.165) is 0 Å². The highest BCUT2D eigenvalue weighted by molar-refractivity contribution is 5.83. The van der Waals surface area contributed by atoms with E-state index in [9.17, 15) is 14.3 Å². The number of hydrogen-bond acceptors (Lipinski definition) is 3. The Morgan fingerprint density at radius 3 is 2.50 bits per heavy atom. The van der Waals surface area contributed by atoms with Gasteiger partial charge in [0.15, 0.2) is 0 Å². The van der Waals surface area contributed by atoms with Crippen molar-refractivity contribution in [2.45, 2.75) is 6.92 Å². The van der Waals surface area contributed by atoms with Gasteiger partial charge in [-0.05, 0) is 36.8 Å². The summed E-state index contributed by atoms with van der Waals surface area (Å²) in [6, 6.07) is 10.0. The topological polar surface area (TPSA) is 50.4 Å². The number of phenolic OH excluding ortho intramolecular Hbond substituents is 1. The number of benzene rings is 2. The smallest absolute Gasteiger partial charge is 0.200 e. The molecular formula is C16H11FO3. The predicted molar refractivity (Wildman–Crippen MR) is 74.3 cm³/mol. The lowest BCUT2D eigenvalue weighted by atomic mass is 10.0. The van der Waals surface area contributed by atoms with Gasteiger partial charge in [-0.25, -0.2) is 4.39 Å². The highest BCUT2D eigenvalue weighted by Gasteiger charge is 2.13. The summed E-state index contributed by atoms with van der Waals surface area (Å²) in [7, 11) is 0. The lowest BCUT2D eigenvalue weighted by Crippen LogP contribution is -2.07. The standard InChI is InChI=1S/C16H11FO3/c1-9-15(10-2-4-11(17)5-3-10)16(19)13-7-6-12(18)8-14(13)20-9/h2-8,18H,1H3. The first kappa shape index (κ1) is 12.4. The molecule has 0 saturated heterocycles. The van der Waals surface area contributed by atoms with Crippen molar-refractivity contribution in [3.63, 3.8) is 0 Å². The molecule has 0 aliphatic carbocycles. The molecule has 0 unspecified atom stereocenters. The van der Waals surface area contributed by atoms with E-state index in [0.29, 0.717) is 27.9 Å². The van der Waals surface area contributed by atoms with Crippen LogP contribution in [0.4, 0.5) is 4.39 Å². The second-order valence-corrected chi connectivity index (χ2v) is 4.55. The molecule has 20 heavy (non-hydrogen) atoms. The Morgan fingerprint density at radius 1 is 1.10 bits per heavy atom. The quantitative estimate of drug-likeness (QED) is 0.734. The molecule has 1 heterocycles. The van der Waals surface area contributed by atoms with Crippen molar-refractivity contribution in [1.29, 1.82) is 0 Å². The van der Waals surface area contributed by atoms with Crippen molar-refractivity contribution in [2.75, 3.05) is 0 Å². The van der Waals surface area contributed by atoms with Crippen molar-refractivity contribution in [1.82, 2.24) is 0 Å². The number of halogens is 1. The van der Waals surface area contributed by atoms with E-state index in [1.807, 2.05) is 0 Å². The van der Waals surface area contributed by atoms with Gasteiger partial charge < -0.3 is 9.52 Å². The second-order valence-electron chi connectivity index (χ2n) is 4.55. The fraction of sp³-hybridized carbons (Fsp3) is 0.0625. The maximum absolute atomic E-state index is 13.0. The van der Waals surface area contributed by atoms with Crippen LogP contribution in [0.15, 0.2) is 51.7 Å². The molecule has 0 aliphatic rings. The van der Waals surface area contributed by atoms with Crippen LogP contribution in [-0.4, -0.2) is 5.11 Å². The largest absolute Gasteiger partial charge is 0.508 e. The molecule has 0 spiro atoms. The zero-order valence-electron chi connectivity index (χ0n) is 10.7. The van der Waals surface area contributed by atoms with E-state index in [4.69, 9.17) is 4.42 Å². The summed E-state index contributed by atoms with van der Waals surface area (Å²) in [5, 5.41) is 9.81. The Bertz CT molecular complexity index is 848. The summed E-state index contributed by atoms with van der Waals surface area (Å²) in [5.41, 5.74) is 1.14. The van der Waals surface area contributed by atoms with Gasteiger partial charge in [-0.15, -0.1) is 0 Å². The minimum Gasteiger partial charge on any atom is -0.508 e. The normalized spacial score (nSPS) is 10.9. The van der Waals surface area contributed by atoms with Crippen molar-refractivity contribution in [3.05, 3.63) is 64.3 Å². The van der Waals surface area contributed by atoms with E-state index in [2.05, 4.69) is 0 Å². The molecule has 4 heteroatoms. The van der Waals surface area contributed by atoms with Crippen LogP contribution in [0, 0.1) is 12.7 Å². The minimum absolute atomic E-state index is 0.0367. The minimum atomic E-state index is -0.360. The third-order valence-electron chi connectivity index (χ3n) is 3.18. The van der Waals surface area contributed by atoms with E-state index in [-0.39, 0.29) is 17.0 Å². The molecule has 0 aliphatic heterocycles. The van der Waals surface area contributed by atoms with Crippen LogP contribution >= 0.6 is 0 Å². The molecule has 0 radical (unpaired) electrons. The van der Waals surface area contributed by atoms with E-state index in [1.165, 1.54) is 30.3 Å². The zero-order valence-corrected chi connectivity index (χ0v) is 10.7. The number of aryl methyl sites for hydroxylation is 1. The number of fused-ring (bicyclic) bond motifs is 1. The highest BCUT2D eigenvalue weighted by Crippen LogP contribution is 2.25. The lowest BCUT2D eigenvalue weighted by molar-refractivity contribution is 0.473. The molecular weight excluding hydrogens is 259 g/mol. The maximum Gasteiger partial charge on any atom is 0.200 e. The van der Waals surface area contributed by atoms with Gasteiger partial charge >= 0.3 is 0 Å². The van der Waals surface area contributed by atoms with Crippen LogP contribution in [0.3, 0.4) is 0 Å². The fourth-order valence-corrected chi connectivity index (χ4v) is 2.24. The predicted octanol–water partition coefficient (Wildman–Crippen LogP) is 3.61. The van der Waals surface area contributed by atoms with Crippen LogP contribution in [0.25, 0.3) is 22.1 Å². The number of rotatable bonds is 1. The van der Waals surface area contributed by atoms with Crippen LogP contribution < -0.4 is 5.43 Å². The third kappa shape index (κ3) is 1.95. The van der Waals surface area contributed by atoms with Gasteiger partial charge in [0.1, 0.15) is 22.9 Å². The van der Waals surface area contributed by atoms with Crippen molar-refractivity contribution in [3.8, 4) is 16.9 Å². The van der Waals surface area contributed by atoms with E-state index >= 15 is 0 Å². The molecule has 0 fully saturated rings. The van der Waals surface area contributed by atoms with Gasteiger partial charge in [-0.3, -0.25) is 4.79 Å². The Balaban J connectivity index is 2.34. The molecule has 3 rings (SSSR count). The monoisotopic (exact) mass is 270 g/mol. The molecule has 0 amide bonds. The van der Waals surface area contributed by atoms with Gasteiger partial charge in [0.05, 0.1) is 10.9 Å². The molecule has 1 aromatic heterocycles. The van der Waals surface area contributed by atoms with E-state index in [1.54, 1.807) is 19.1 Å². The number of aromatic hydroxyl groups is 1. The van der Waals surface area contributed by atoms with Crippen molar-refractivity contribution >= 4 is 11.0 Å². The van der Waals surface area contributed by atoms with E-state index < -0.39 is 0 Å². The lowest BCUT2D eigenvalue weighted by Gasteiger charge is -2.07. The first-order valence-electron chi connectivity index (χ1n) is 6.08. The average molecular weight is 270 g/mol. The molecule has 2 aromatic carbocycles. The second kappa shape index (κ2) is 4.49. The molecule has 1 N–H and O–H groups in total. The molecule has 0 bridgehead atoms. The molecule has 0 atom stereocenters. The van der Waals surface area contributed by atoms with Gasteiger partial charge in [-0.1, -0.05) is 12.1 Å². The van der Waals surface area contributed by atoms with Gasteiger partial charge in [0.25, 0.3) is 0 Å². The Morgan fingerprint density at radius 2 is 1.80 bits per heavy atom. The van der Waals surface area contributed by atoms with Crippen LogP contribution in [-0.2, 0) is 0 Å². The fourth-order valence-electron chi connectivity index (χ4n) is 2.24. The molecule has 100 valence electrons. The van der Waals surface area contributed by atoms with Crippen molar-refractivity contribution in [2.24, 2.45) is 0 Å². The van der Waals surface area contributed by atoms with Crippen LogP contribution in [0.5, 0.6) is 5.75 Å². The van der Waals surface area contributed by atoms with Gasteiger partial charge in [-0.2, -0.15) is 0 Å². The zero-order chi connectivity index (χ0) is 14.3. The third-order valence-corrected chi connectivity index (χ3v) is 3.18. The summed E-state index contributed by atoms with van der Waals surface area (Å²) >= 11 is 0. The van der Waals surface area contributed by atoms with Crippen LogP contribution in [0.1, 0.15) is 5.76 Å². The first-order chi connectivity index (χ1) is 9.56. The van der Waals surface area contributed by atoms with Gasteiger partial charge in [0, 0.05) is 6.07 Å². The highest BCUT2D eigenvalue weighted by atomic mass is 19.1. The average Bonchev–Trinajstić information content (AvgIpc) is 2.40. The van der Waals surface area contributed by atoms with Crippen molar-refractivity contribution < 1.29 is 13.9 Å². The Hall–Kier alpha value is -2.62. The molecule has 3 nitrogen and oxygen atoms in total. The SMILES string of the molecule is Cc1oc2cc(O)ccc2c(=O)c1-c1ccc(F)cc1. The number of phenols is 1. The summed E-state index contributed by atoms with van der Waals surface area (Å²) in [5.74, 6) is 0.107. The Kier molecular flexibility index (Phi) is 2.79. The summed E-state index contributed by atoms with van der Waals surface area (Å²) in [6.07, 6.45) is 0. The van der Waals surface area contributed by atoms with Gasteiger partial charge in [0.2, 0.25) is 5.43 Å². The van der Waals surface area contributed by atoms with Crippen LogP contribution in [0.2, 0.25) is 0 Å². The Labute approximate surface area is 113 Å². The molecule has 3 aromatic rings. The summed E-state index contributed by atoms with van der Waals surface area (Å²) in [6.45, 7) is 1.67. The maximum atomic E-state index is 13.0. The molecule has 0 saturated carbocycles. The number of hydrogen-bond donors (Lipinski definition) is 1. The summed E-state index contributed by atoms with van der Waals surface area (Å²) in [4.78, 5) is 12.5. The first-order valence-corrected chi connectivity index (χ1v) is 6.08. The summed E-state index contributed by atoms with van der Waals surface area (Å²) < 4.78 is 18.6.